The van der Waals surface area contributed by atoms with Gasteiger partial charge >= 0.3 is 0 Å². The summed E-state index contributed by atoms with van der Waals surface area (Å²) < 4.78 is 15.6. The van der Waals surface area contributed by atoms with Gasteiger partial charge in [0.1, 0.15) is 11.6 Å². The SMILES string of the molecule is CCCn1c(SCC(=O)Nc2ccccc2F)nnc1C1CC1. The van der Waals surface area contributed by atoms with Crippen LogP contribution in [0, 0.1) is 5.82 Å². The number of anilines is 1. The Morgan fingerprint density at radius 1 is 1.39 bits per heavy atom. The molecule has 2 aromatic rings. The predicted molar refractivity (Wildman–Crippen MR) is 88.0 cm³/mol. The van der Waals surface area contributed by atoms with E-state index in [1.54, 1.807) is 18.2 Å². The van der Waals surface area contributed by atoms with Crippen LogP contribution in [0.2, 0.25) is 0 Å². The third-order valence-electron chi connectivity index (χ3n) is 3.62. The number of hydrogen-bond donors (Lipinski definition) is 1. The molecule has 1 aliphatic carbocycles. The van der Waals surface area contributed by atoms with Crippen LogP contribution in [-0.4, -0.2) is 26.4 Å². The van der Waals surface area contributed by atoms with Crippen molar-refractivity contribution in [3.8, 4) is 0 Å². The molecule has 5 nitrogen and oxygen atoms in total. The Bertz CT molecular complexity index is 699. The smallest absolute Gasteiger partial charge is 0.234 e. The van der Waals surface area contributed by atoms with E-state index in [0.717, 1.165) is 23.9 Å². The molecule has 0 aliphatic heterocycles. The summed E-state index contributed by atoms with van der Waals surface area (Å²) in [6.07, 6.45) is 3.33. The third-order valence-corrected chi connectivity index (χ3v) is 4.58. The van der Waals surface area contributed by atoms with Crippen molar-refractivity contribution in [2.24, 2.45) is 0 Å². The molecule has 0 spiro atoms. The summed E-state index contributed by atoms with van der Waals surface area (Å²) >= 11 is 1.34. The zero-order valence-corrected chi connectivity index (χ0v) is 13.8. The zero-order chi connectivity index (χ0) is 16.2. The third kappa shape index (κ3) is 3.90. The van der Waals surface area contributed by atoms with E-state index in [0.29, 0.717) is 5.92 Å². The van der Waals surface area contributed by atoms with Crippen LogP contribution < -0.4 is 5.32 Å². The van der Waals surface area contributed by atoms with Gasteiger partial charge in [-0.15, -0.1) is 10.2 Å². The average molecular weight is 334 g/mol. The van der Waals surface area contributed by atoms with Gasteiger partial charge in [-0.05, 0) is 31.4 Å². The highest BCUT2D eigenvalue weighted by molar-refractivity contribution is 7.99. The van der Waals surface area contributed by atoms with Crippen molar-refractivity contribution < 1.29 is 9.18 Å². The van der Waals surface area contributed by atoms with E-state index in [1.165, 1.54) is 30.7 Å². The van der Waals surface area contributed by atoms with Crippen LogP contribution in [0.25, 0.3) is 0 Å². The number of nitrogens with zero attached hydrogens (tertiary/aromatic N) is 3. The molecule has 1 saturated carbocycles. The van der Waals surface area contributed by atoms with E-state index in [2.05, 4.69) is 27.0 Å². The summed E-state index contributed by atoms with van der Waals surface area (Å²) in [6, 6.07) is 6.14. The molecule has 0 atom stereocenters. The fraction of sp³-hybridized carbons (Fsp3) is 0.438. The molecule has 3 rings (SSSR count). The normalized spacial score (nSPS) is 14.0. The molecule has 1 aliphatic rings. The number of rotatable bonds is 7. The van der Waals surface area contributed by atoms with Gasteiger partial charge in [0.25, 0.3) is 0 Å². The number of para-hydroxylation sites is 1. The van der Waals surface area contributed by atoms with Gasteiger partial charge in [-0.2, -0.15) is 0 Å². The fourth-order valence-corrected chi connectivity index (χ4v) is 3.13. The van der Waals surface area contributed by atoms with Gasteiger partial charge in [-0.25, -0.2) is 4.39 Å². The first kappa shape index (κ1) is 16.0. The van der Waals surface area contributed by atoms with Crippen molar-refractivity contribution in [1.82, 2.24) is 14.8 Å². The number of benzene rings is 1. The summed E-state index contributed by atoms with van der Waals surface area (Å²) in [6.45, 7) is 2.96. The van der Waals surface area contributed by atoms with Crippen molar-refractivity contribution in [3.05, 3.63) is 35.9 Å². The number of carbonyl (C=O) groups is 1. The monoisotopic (exact) mass is 334 g/mol. The van der Waals surface area contributed by atoms with Crippen LogP contribution in [0.15, 0.2) is 29.4 Å². The summed E-state index contributed by atoms with van der Waals surface area (Å²) in [5, 5.41) is 11.8. The molecule has 23 heavy (non-hydrogen) atoms. The van der Waals surface area contributed by atoms with E-state index >= 15 is 0 Å². The van der Waals surface area contributed by atoms with Crippen LogP contribution in [0.3, 0.4) is 0 Å². The first-order valence-electron chi connectivity index (χ1n) is 7.79. The molecular formula is C16H19FN4OS. The number of thioether (sulfide) groups is 1. The Labute approximate surface area is 138 Å². The van der Waals surface area contributed by atoms with E-state index in [-0.39, 0.29) is 17.3 Å². The van der Waals surface area contributed by atoms with Gasteiger partial charge in [0.15, 0.2) is 5.16 Å². The lowest BCUT2D eigenvalue weighted by atomic mass is 10.3. The fourth-order valence-electron chi connectivity index (χ4n) is 2.36. The van der Waals surface area contributed by atoms with Crippen molar-refractivity contribution in [1.29, 1.82) is 0 Å². The number of amides is 1. The van der Waals surface area contributed by atoms with E-state index in [1.807, 2.05) is 0 Å². The van der Waals surface area contributed by atoms with E-state index in [4.69, 9.17) is 0 Å². The number of carbonyl (C=O) groups excluding carboxylic acids is 1. The molecule has 1 aromatic carbocycles. The molecule has 0 saturated heterocycles. The predicted octanol–water partition coefficient (Wildman–Crippen LogP) is 3.44. The summed E-state index contributed by atoms with van der Waals surface area (Å²) in [5.74, 6) is 1.05. The summed E-state index contributed by atoms with van der Waals surface area (Å²) in [5.41, 5.74) is 0.201. The lowest BCUT2D eigenvalue weighted by molar-refractivity contribution is -0.113. The largest absolute Gasteiger partial charge is 0.323 e. The Kier molecular flexibility index (Phi) is 4.95. The Morgan fingerprint density at radius 2 is 2.17 bits per heavy atom. The van der Waals surface area contributed by atoms with Crippen LogP contribution in [-0.2, 0) is 11.3 Å². The standard InChI is InChI=1S/C16H19FN4OS/c1-2-9-21-15(11-7-8-11)19-20-16(21)23-10-14(22)18-13-6-4-3-5-12(13)17/h3-6,11H,2,7-10H2,1H3,(H,18,22). The highest BCUT2D eigenvalue weighted by Crippen LogP contribution is 2.40. The average Bonchev–Trinajstić information content (AvgIpc) is 3.30. The molecule has 0 unspecified atom stereocenters. The molecule has 0 bridgehead atoms. The first-order valence-corrected chi connectivity index (χ1v) is 8.78. The zero-order valence-electron chi connectivity index (χ0n) is 13.0. The highest BCUT2D eigenvalue weighted by Gasteiger charge is 2.30. The number of halogens is 1. The molecule has 1 aromatic heterocycles. The summed E-state index contributed by atoms with van der Waals surface area (Å²) in [4.78, 5) is 12.0. The molecule has 7 heteroatoms. The topological polar surface area (TPSA) is 59.8 Å². The van der Waals surface area contributed by atoms with Crippen molar-refractivity contribution >= 4 is 23.4 Å². The number of nitrogens with one attached hydrogen (secondary N) is 1. The summed E-state index contributed by atoms with van der Waals surface area (Å²) in [7, 11) is 0. The lowest BCUT2D eigenvalue weighted by Gasteiger charge is -2.08. The van der Waals surface area contributed by atoms with Gasteiger partial charge in [-0.3, -0.25) is 4.79 Å². The highest BCUT2D eigenvalue weighted by atomic mass is 32.2. The van der Waals surface area contributed by atoms with Crippen LogP contribution in [0.5, 0.6) is 0 Å². The van der Waals surface area contributed by atoms with E-state index < -0.39 is 5.82 Å². The molecule has 122 valence electrons. The van der Waals surface area contributed by atoms with Gasteiger partial charge in [0, 0.05) is 12.5 Å². The quantitative estimate of drug-likeness (QED) is 0.788. The van der Waals surface area contributed by atoms with Gasteiger partial charge in [0.05, 0.1) is 11.4 Å². The van der Waals surface area contributed by atoms with Crippen molar-refractivity contribution in [2.45, 2.75) is 43.8 Å². The first-order chi connectivity index (χ1) is 11.2. The minimum Gasteiger partial charge on any atom is -0.323 e. The van der Waals surface area contributed by atoms with Crippen molar-refractivity contribution in [3.63, 3.8) is 0 Å². The Morgan fingerprint density at radius 3 is 2.87 bits per heavy atom. The van der Waals surface area contributed by atoms with Crippen LogP contribution >= 0.6 is 11.8 Å². The van der Waals surface area contributed by atoms with Gasteiger partial charge < -0.3 is 9.88 Å². The van der Waals surface area contributed by atoms with Gasteiger partial charge in [-0.1, -0.05) is 30.8 Å². The second kappa shape index (κ2) is 7.12. The molecule has 1 heterocycles. The lowest BCUT2D eigenvalue weighted by Crippen LogP contribution is -2.15. The van der Waals surface area contributed by atoms with Crippen LogP contribution in [0.4, 0.5) is 10.1 Å². The second-order valence-corrected chi connectivity index (χ2v) is 6.53. The molecular weight excluding hydrogens is 315 g/mol. The van der Waals surface area contributed by atoms with Crippen LogP contribution in [0.1, 0.15) is 37.9 Å². The Balaban J connectivity index is 1.61. The molecule has 1 N–H and O–H groups in total. The maximum Gasteiger partial charge on any atom is 0.234 e. The number of aromatic nitrogens is 3. The Hall–Kier alpha value is -1.89. The maximum absolute atomic E-state index is 13.5. The minimum absolute atomic E-state index is 0.181. The van der Waals surface area contributed by atoms with Gasteiger partial charge in [0.2, 0.25) is 5.91 Å². The van der Waals surface area contributed by atoms with Crippen molar-refractivity contribution in [2.75, 3.05) is 11.1 Å². The molecule has 1 fully saturated rings. The molecule has 0 radical (unpaired) electrons. The second-order valence-electron chi connectivity index (χ2n) is 5.58. The number of hydrogen-bond acceptors (Lipinski definition) is 4. The molecule has 1 amide bonds. The minimum atomic E-state index is -0.434. The maximum atomic E-state index is 13.5. The van der Waals surface area contributed by atoms with E-state index in [9.17, 15) is 9.18 Å².